The number of anilines is 1. The molecule has 1 aromatic carbocycles. The number of nitrogens with two attached hydrogens (primary N) is 1. The van der Waals surface area contributed by atoms with Crippen LogP contribution in [-0.4, -0.2) is 42.8 Å². The van der Waals surface area contributed by atoms with E-state index < -0.39 is 0 Å². The minimum Gasteiger partial charge on any atom is -0.397 e. The summed E-state index contributed by atoms with van der Waals surface area (Å²) in [6, 6.07) is 8.65. The van der Waals surface area contributed by atoms with Crippen LogP contribution >= 0.6 is 11.3 Å². The molecule has 0 spiro atoms. The maximum atomic E-state index is 6.55. The number of nitrogens with one attached hydrogen (secondary N) is 2. The van der Waals surface area contributed by atoms with Crippen molar-refractivity contribution >= 4 is 38.9 Å². The number of nitrogens with zero attached hydrogens (tertiary/aromatic N) is 3. The highest BCUT2D eigenvalue weighted by Gasteiger charge is 2.21. The summed E-state index contributed by atoms with van der Waals surface area (Å²) in [7, 11) is 0. The molecule has 4 heterocycles. The molecule has 2 aliphatic rings. The quantitative estimate of drug-likeness (QED) is 0.624. The van der Waals surface area contributed by atoms with Crippen LogP contribution in [0.25, 0.3) is 10.2 Å². The van der Waals surface area contributed by atoms with E-state index in [2.05, 4.69) is 58.7 Å². The number of aryl methyl sites for hydroxylation is 2. The van der Waals surface area contributed by atoms with Gasteiger partial charge < -0.3 is 16.4 Å². The van der Waals surface area contributed by atoms with Gasteiger partial charge in [0.25, 0.3) is 0 Å². The number of hydrogen-bond acceptors (Lipinski definition) is 7. The highest BCUT2D eigenvalue weighted by molar-refractivity contribution is 7.21. The van der Waals surface area contributed by atoms with Gasteiger partial charge in [-0.25, -0.2) is 4.98 Å². The summed E-state index contributed by atoms with van der Waals surface area (Å²) in [6.07, 6.45) is 0.838. The number of amidine groups is 2. The number of aliphatic imine (C=N–C) groups is 2. The van der Waals surface area contributed by atoms with Gasteiger partial charge in [-0.1, -0.05) is 24.3 Å². The number of fused-ring (bicyclic) bond motifs is 1. The first kappa shape index (κ1) is 18.1. The van der Waals surface area contributed by atoms with E-state index in [9.17, 15) is 0 Å². The Hall–Kier alpha value is -2.93. The van der Waals surface area contributed by atoms with Gasteiger partial charge in [0.15, 0.2) is 0 Å². The standard InChI is InChI=1S/C22H24N6S/c1-12-16(11-14-3-5-15(6-4-14)20-24-7-8-25-20)13(2)28-22-17(12)18(23)19(29-22)21-26-9-10-27-21/h3-6H,7-11,23H2,1-2H3,(H,24,25)(H,26,27). The fraction of sp³-hybridized carbons (Fsp3) is 0.318. The van der Waals surface area contributed by atoms with Gasteiger partial charge in [0.1, 0.15) is 16.5 Å². The fourth-order valence-electron chi connectivity index (χ4n) is 4.08. The topological polar surface area (TPSA) is 87.7 Å². The molecule has 0 atom stereocenters. The minimum atomic E-state index is 0.796. The van der Waals surface area contributed by atoms with Gasteiger partial charge in [-0.15, -0.1) is 11.3 Å². The molecule has 0 saturated heterocycles. The SMILES string of the molecule is Cc1nc2sc(C3=NCCN3)c(N)c2c(C)c1Cc1ccc(C2=NCCN2)cc1. The minimum absolute atomic E-state index is 0.796. The van der Waals surface area contributed by atoms with Crippen LogP contribution in [0.5, 0.6) is 0 Å². The summed E-state index contributed by atoms with van der Waals surface area (Å²) in [6.45, 7) is 7.71. The van der Waals surface area contributed by atoms with Gasteiger partial charge in [-0.2, -0.15) is 0 Å². The van der Waals surface area contributed by atoms with E-state index in [0.717, 1.165) is 76.3 Å². The first-order valence-corrected chi connectivity index (χ1v) is 10.8. The predicted molar refractivity (Wildman–Crippen MR) is 122 cm³/mol. The van der Waals surface area contributed by atoms with E-state index in [0.29, 0.717) is 0 Å². The zero-order chi connectivity index (χ0) is 20.0. The van der Waals surface area contributed by atoms with Crippen LogP contribution in [0.1, 0.15) is 32.8 Å². The van der Waals surface area contributed by atoms with Crippen molar-refractivity contribution in [3.8, 4) is 0 Å². The summed E-state index contributed by atoms with van der Waals surface area (Å²) >= 11 is 1.63. The second-order valence-electron chi connectivity index (χ2n) is 7.51. The highest BCUT2D eigenvalue weighted by Crippen LogP contribution is 2.37. The Morgan fingerprint density at radius 3 is 2.34 bits per heavy atom. The van der Waals surface area contributed by atoms with Crippen molar-refractivity contribution in [1.29, 1.82) is 0 Å². The zero-order valence-corrected chi connectivity index (χ0v) is 17.5. The monoisotopic (exact) mass is 404 g/mol. The van der Waals surface area contributed by atoms with Crippen molar-refractivity contribution in [2.24, 2.45) is 9.98 Å². The smallest absolute Gasteiger partial charge is 0.140 e. The summed E-state index contributed by atoms with van der Waals surface area (Å²) in [5, 5.41) is 7.73. The number of hydrogen-bond donors (Lipinski definition) is 3. The first-order valence-electron chi connectivity index (χ1n) is 9.96. The molecule has 0 fully saturated rings. The normalized spacial score (nSPS) is 15.9. The van der Waals surface area contributed by atoms with Crippen LogP contribution in [0.3, 0.4) is 0 Å². The summed E-state index contributed by atoms with van der Waals surface area (Å²) in [5.74, 6) is 1.90. The third-order valence-corrected chi connectivity index (χ3v) is 6.74. The molecule has 0 unspecified atom stereocenters. The number of aromatic nitrogens is 1. The fourth-order valence-corrected chi connectivity index (χ4v) is 5.26. The molecule has 0 aliphatic carbocycles. The lowest BCUT2D eigenvalue weighted by Crippen LogP contribution is -2.19. The number of pyridine rings is 1. The van der Waals surface area contributed by atoms with Crippen LogP contribution in [0.2, 0.25) is 0 Å². The lowest BCUT2D eigenvalue weighted by Gasteiger charge is -2.12. The predicted octanol–water partition coefficient (Wildman–Crippen LogP) is 2.79. The van der Waals surface area contributed by atoms with Crippen molar-refractivity contribution in [3.63, 3.8) is 0 Å². The maximum Gasteiger partial charge on any atom is 0.140 e. The molecule has 3 aromatic rings. The second-order valence-corrected chi connectivity index (χ2v) is 8.51. The van der Waals surface area contributed by atoms with Crippen molar-refractivity contribution in [1.82, 2.24) is 15.6 Å². The molecular weight excluding hydrogens is 380 g/mol. The van der Waals surface area contributed by atoms with Crippen molar-refractivity contribution < 1.29 is 0 Å². The van der Waals surface area contributed by atoms with Gasteiger partial charge in [0.05, 0.1) is 23.7 Å². The molecule has 0 amide bonds. The number of benzene rings is 1. The number of nitrogen functional groups attached to an aromatic ring is 1. The molecule has 29 heavy (non-hydrogen) atoms. The Labute approximate surface area is 174 Å². The highest BCUT2D eigenvalue weighted by atomic mass is 32.1. The van der Waals surface area contributed by atoms with Gasteiger partial charge >= 0.3 is 0 Å². The average molecular weight is 405 g/mol. The Morgan fingerprint density at radius 2 is 1.69 bits per heavy atom. The average Bonchev–Trinajstić information content (AvgIpc) is 3.47. The number of rotatable bonds is 4. The Bertz CT molecular complexity index is 1160. The molecule has 4 N–H and O–H groups in total. The maximum absolute atomic E-state index is 6.55. The Morgan fingerprint density at radius 1 is 1.00 bits per heavy atom. The van der Waals surface area contributed by atoms with E-state index in [-0.39, 0.29) is 0 Å². The van der Waals surface area contributed by atoms with E-state index in [1.54, 1.807) is 11.3 Å². The van der Waals surface area contributed by atoms with E-state index in [4.69, 9.17) is 10.7 Å². The van der Waals surface area contributed by atoms with E-state index in [1.165, 1.54) is 16.7 Å². The van der Waals surface area contributed by atoms with Crippen molar-refractivity contribution in [2.45, 2.75) is 20.3 Å². The van der Waals surface area contributed by atoms with Crippen LogP contribution in [0.15, 0.2) is 34.3 Å². The molecule has 0 bridgehead atoms. The third kappa shape index (κ3) is 3.15. The zero-order valence-electron chi connectivity index (χ0n) is 16.7. The third-order valence-electron chi connectivity index (χ3n) is 5.63. The molecule has 5 rings (SSSR count). The molecule has 0 saturated carbocycles. The molecule has 2 aliphatic heterocycles. The van der Waals surface area contributed by atoms with Gasteiger partial charge in [-0.05, 0) is 37.0 Å². The van der Waals surface area contributed by atoms with Gasteiger partial charge in [-0.3, -0.25) is 9.98 Å². The van der Waals surface area contributed by atoms with Crippen molar-refractivity contribution in [2.75, 3.05) is 31.9 Å². The van der Waals surface area contributed by atoms with E-state index in [1.807, 2.05) is 0 Å². The van der Waals surface area contributed by atoms with Crippen molar-refractivity contribution in [3.05, 3.63) is 57.1 Å². The van der Waals surface area contributed by atoms with Gasteiger partial charge in [0.2, 0.25) is 0 Å². The molecular formula is C22H24N6S. The molecule has 6 nitrogen and oxygen atoms in total. The summed E-state index contributed by atoms with van der Waals surface area (Å²) in [4.78, 5) is 15.9. The lowest BCUT2D eigenvalue weighted by molar-refractivity contribution is 0.960. The van der Waals surface area contributed by atoms with Gasteiger partial charge in [0, 0.05) is 29.7 Å². The first-order chi connectivity index (χ1) is 14.1. The summed E-state index contributed by atoms with van der Waals surface area (Å²) < 4.78 is 0. The second kappa shape index (κ2) is 7.15. The molecule has 7 heteroatoms. The van der Waals surface area contributed by atoms with Crippen LogP contribution in [-0.2, 0) is 6.42 Å². The van der Waals surface area contributed by atoms with Crippen LogP contribution < -0.4 is 16.4 Å². The Balaban J connectivity index is 1.50. The van der Waals surface area contributed by atoms with Crippen LogP contribution in [0, 0.1) is 13.8 Å². The summed E-state index contributed by atoms with van der Waals surface area (Å²) in [5.41, 5.74) is 13.3. The largest absolute Gasteiger partial charge is 0.397 e. The lowest BCUT2D eigenvalue weighted by atomic mass is 9.96. The molecule has 0 radical (unpaired) electrons. The Kier molecular flexibility index (Phi) is 4.47. The number of thiophene rings is 1. The molecule has 2 aromatic heterocycles. The molecule has 148 valence electrons. The van der Waals surface area contributed by atoms with E-state index >= 15 is 0 Å². The van der Waals surface area contributed by atoms with Crippen LogP contribution in [0.4, 0.5) is 5.69 Å².